The molecule has 9 N–H and O–H groups in total. The van der Waals surface area contributed by atoms with Gasteiger partial charge in [0.2, 0.25) is 0 Å². The number of rotatable bonds is 9. The van der Waals surface area contributed by atoms with Crippen molar-refractivity contribution in [3.63, 3.8) is 0 Å². The molecular formula is C20H31NO11S. The number of ether oxygens (including phenoxy) is 4. The number of hydrogen-bond donors (Lipinski definition) is 8. The number of anilines is 1. The molecule has 1 aromatic rings. The van der Waals surface area contributed by atoms with Crippen LogP contribution in [0.1, 0.15) is 0 Å². The quantitative estimate of drug-likeness (QED) is 0.0982. The highest BCUT2D eigenvalue weighted by Crippen LogP contribution is 2.29. The van der Waals surface area contributed by atoms with E-state index in [4.69, 9.17) is 24.7 Å². The van der Waals surface area contributed by atoms with E-state index in [2.05, 4.69) is 0 Å². The fourth-order valence-corrected chi connectivity index (χ4v) is 4.32. The lowest BCUT2D eigenvalue weighted by molar-refractivity contribution is -0.359. The standard InChI is InChI=1S/C20H31NO11S/c21-9-1-3-10(4-2-9)33-6-5-29-19-17(28)15(26)18(12(8-23)31-19)32-20-16(27)14(25)13(24)11(7-22)30-20/h1-4,11-20,22-28H,5-8,21H2/t11-,12-,13+,14+,15-,16-,17-,18+,19-,20-/m1/s1. The zero-order valence-electron chi connectivity index (χ0n) is 17.7. The molecule has 2 fully saturated rings. The van der Waals surface area contributed by atoms with Gasteiger partial charge in [-0.05, 0) is 24.3 Å². The van der Waals surface area contributed by atoms with Crippen molar-refractivity contribution in [3.05, 3.63) is 24.3 Å². The van der Waals surface area contributed by atoms with Crippen LogP contribution in [-0.2, 0) is 18.9 Å². The fourth-order valence-electron chi connectivity index (χ4n) is 3.58. The molecule has 0 aromatic heterocycles. The first kappa shape index (κ1) is 26.5. The van der Waals surface area contributed by atoms with Gasteiger partial charge in [0.25, 0.3) is 0 Å². The van der Waals surface area contributed by atoms with Crippen LogP contribution < -0.4 is 5.73 Å². The third-order valence-corrected chi connectivity index (χ3v) is 6.45. The number of hydrogen-bond acceptors (Lipinski definition) is 13. The Morgan fingerprint density at radius 2 is 1.39 bits per heavy atom. The summed E-state index contributed by atoms with van der Waals surface area (Å²) in [5, 5.41) is 69.9. The minimum absolute atomic E-state index is 0.167. The number of aliphatic hydroxyl groups excluding tert-OH is 7. The molecule has 0 spiro atoms. The molecule has 3 rings (SSSR count). The fraction of sp³-hybridized carbons (Fsp3) is 0.700. The predicted octanol–water partition coefficient (Wildman–Crippen LogP) is -3.00. The molecule has 2 aliphatic rings. The van der Waals surface area contributed by atoms with Gasteiger partial charge in [0.1, 0.15) is 48.8 Å². The minimum Gasteiger partial charge on any atom is -0.399 e. The van der Waals surface area contributed by atoms with Crippen LogP contribution in [0.4, 0.5) is 5.69 Å². The number of aliphatic hydroxyl groups is 7. The molecule has 0 radical (unpaired) electrons. The highest BCUT2D eigenvalue weighted by molar-refractivity contribution is 7.99. The summed E-state index contributed by atoms with van der Waals surface area (Å²) in [5.74, 6) is 0.515. The van der Waals surface area contributed by atoms with Crippen molar-refractivity contribution in [3.8, 4) is 0 Å². The third kappa shape index (κ3) is 6.33. The second-order valence-corrected chi connectivity index (χ2v) is 8.96. The Morgan fingerprint density at radius 3 is 2.03 bits per heavy atom. The first-order valence-corrected chi connectivity index (χ1v) is 11.4. The number of nitrogens with two attached hydrogens (primary N) is 1. The Morgan fingerprint density at radius 1 is 0.788 bits per heavy atom. The zero-order valence-corrected chi connectivity index (χ0v) is 18.5. The van der Waals surface area contributed by atoms with Gasteiger partial charge in [0.05, 0.1) is 19.8 Å². The molecule has 1 aromatic carbocycles. The van der Waals surface area contributed by atoms with E-state index < -0.39 is 74.6 Å². The second kappa shape index (κ2) is 12.1. The third-order valence-electron chi connectivity index (χ3n) is 5.47. The van der Waals surface area contributed by atoms with Gasteiger partial charge < -0.3 is 60.4 Å². The monoisotopic (exact) mass is 493 g/mol. The van der Waals surface area contributed by atoms with Crippen molar-refractivity contribution in [2.45, 2.75) is 66.3 Å². The molecule has 0 saturated carbocycles. The Kier molecular flexibility index (Phi) is 9.70. The van der Waals surface area contributed by atoms with E-state index in [1.165, 1.54) is 11.8 Å². The van der Waals surface area contributed by atoms with E-state index in [9.17, 15) is 35.7 Å². The molecule has 0 aliphatic carbocycles. The average Bonchev–Trinajstić information content (AvgIpc) is 2.82. The van der Waals surface area contributed by atoms with E-state index in [1.807, 2.05) is 12.1 Å². The van der Waals surface area contributed by atoms with E-state index >= 15 is 0 Å². The molecular weight excluding hydrogens is 462 g/mol. The summed E-state index contributed by atoms with van der Waals surface area (Å²) in [6.07, 6.45) is -14.7. The van der Waals surface area contributed by atoms with Crippen LogP contribution in [0.25, 0.3) is 0 Å². The van der Waals surface area contributed by atoms with Crippen LogP contribution in [0.5, 0.6) is 0 Å². The number of nitrogen functional groups attached to an aromatic ring is 1. The van der Waals surface area contributed by atoms with Gasteiger partial charge in [-0.1, -0.05) is 0 Å². The Labute approximate surface area is 194 Å². The molecule has 188 valence electrons. The summed E-state index contributed by atoms with van der Waals surface area (Å²) in [4.78, 5) is 0.971. The molecule has 2 aliphatic heterocycles. The largest absolute Gasteiger partial charge is 0.399 e. The summed E-state index contributed by atoms with van der Waals surface area (Å²) < 4.78 is 21.8. The lowest BCUT2D eigenvalue weighted by Crippen LogP contribution is -2.64. The first-order chi connectivity index (χ1) is 15.8. The number of benzene rings is 1. The SMILES string of the molecule is Nc1ccc(SCCO[C@@H]2O[C@H](CO)[C@H](O[C@H]3O[C@H](CO)[C@H](O)[C@H](O)[C@H]3O)[C@H](O)[C@H]2O)cc1. The maximum absolute atomic E-state index is 10.6. The van der Waals surface area contributed by atoms with Crippen molar-refractivity contribution in [2.75, 3.05) is 31.3 Å². The maximum Gasteiger partial charge on any atom is 0.187 e. The van der Waals surface area contributed by atoms with Crippen LogP contribution in [0.15, 0.2) is 29.2 Å². The Hall–Kier alpha value is -1.07. The zero-order chi connectivity index (χ0) is 24.1. The molecule has 10 atom stereocenters. The average molecular weight is 494 g/mol. The van der Waals surface area contributed by atoms with Crippen molar-refractivity contribution in [2.24, 2.45) is 0 Å². The summed E-state index contributed by atoms with van der Waals surface area (Å²) in [7, 11) is 0. The Bertz CT molecular complexity index is 724. The van der Waals surface area contributed by atoms with Gasteiger partial charge in [0, 0.05) is 16.3 Å². The summed E-state index contributed by atoms with van der Waals surface area (Å²) in [6, 6.07) is 7.26. The van der Waals surface area contributed by atoms with Gasteiger partial charge >= 0.3 is 0 Å². The smallest absolute Gasteiger partial charge is 0.187 e. The van der Waals surface area contributed by atoms with Crippen molar-refractivity contribution >= 4 is 17.4 Å². The molecule has 2 saturated heterocycles. The molecule has 0 amide bonds. The van der Waals surface area contributed by atoms with Gasteiger partial charge in [-0.3, -0.25) is 0 Å². The van der Waals surface area contributed by atoms with Crippen molar-refractivity contribution < 1.29 is 54.7 Å². The van der Waals surface area contributed by atoms with Gasteiger partial charge in [0.15, 0.2) is 12.6 Å². The van der Waals surface area contributed by atoms with Crippen molar-refractivity contribution in [1.82, 2.24) is 0 Å². The first-order valence-electron chi connectivity index (χ1n) is 10.4. The van der Waals surface area contributed by atoms with Gasteiger partial charge in [-0.15, -0.1) is 11.8 Å². The topological polar surface area (TPSA) is 205 Å². The summed E-state index contributed by atoms with van der Waals surface area (Å²) in [5.41, 5.74) is 6.30. The lowest BCUT2D eigenvalue weighted by atomic mass is 9.97. The normalized spacial score (nSPS) is 39.5. The highest BCUT2D eigenvalue weighted by Gasteiger charge is 2.50. The summed E-state index contributed by atoms with van der Waals surface area (Å²) in [6.45, 7) is -1.11. The second-order valence-electron chi connectivity index (χ2n) is 7.79. The molecule has 12 nitrogen and oxygen atoms in total. The van der Waals surface area contributed by atoms with E-state index in [1.54, 1.807) is 12.1 Å². The minimum atomic E-state index is -1.72. The van der Waals surface area contributed by atoms with Crippen LogP contribution >= 0.6 is 11.8 Å². The molecule has 33 heavy (non-hydrogen) atoms. The number of thioether (sulfide) groups is 1. The molecule has 0 unspecified atom stereocenters. The van der Waals surface area contributed by atoms with Crippen LogP contribution in [0.2, 0.25) is 0 Å². The lowest BCUT2D eigenvalue weighted by Gasteiger charge is -2.45. The van der Waals surface area contributed by atoms with Crippen LogP contribution in [-0.4, -0.2) is 123 Å². The highest BCUT2D eigenvalue weighted by atomic mass is 32.2. The van der Waals surface area contributed by atoms with Crippen LogP contribution in [0, 0.1) is 0 Å². The van der Waals surface area contributed by atoms with Crippen molar-refractivity contribution in [1.29, 1.82) is 0 Å². The molecule has 0 bridgehead atoms. The predicted molar refractivity (Wildman–Crippen MR) is 114 cm³/mol. The Balaban J connectivity index is 1.55. The maximum atomic E-state index is 10.6. The van der Waals surface area contributed by atoms with E-state index in [0.29, 0.717) is 11.4 Å². The molecule has 13 heteroatoms. The summed E-state index contributed by atoms with van der Waals surface area (Å²) >= 11 is 1.49. The molecule has 2 heterocycles. The van der Waals surface area contributed by atoms with Crippen LogP contribution in [0.3, 0.4) is 0 Å². The van der Waals surface area contributed by atoms with E-state index in [-0.39, 0.29) is 6.61 Å². The van der Waals surface area contributed by atoms with E-state index in [0.717, 1.165) is 4.90 Å². The van der Waals surface area contributed by atoms with Gasteiger partial charge in [-0.2, -0.15) is 0 Å². The van der Waals surface area contributed by atoms with Gasteiger partial charge in [-0.25, -0.2) is 0 Å².